The number of fused-ring (bicyclic) bond motifs is 2. The van der Waals surface area contributed by atoms with Crippen LogP contribution in [0.2, 0.25) is 0 Å². The van der Waals surface area contributed by atoms with E-state index in [2.05, 4.69) is 4.98 Å². The Bertz CT molecular complexity index is 1050. The monoisotopic (exact) mass is 384 g/mol. The van der Waals surface area contributed by atoms with Gasteiger partial charge in [0.15, 0.2) is 17.6 Å². The second-order valence-electron chi connectivity index (χ2n) is 6.62. The molecule has 1 aromatic carbocycles. The minimum absolute atomic E-state index is 0.0899. The smallest absolute Gasteiger partial charge is 0.342 e. The summed E-state index contributed by atoms with van der Waals surface area (Å²) in [5, 5.41) is 0. The Kier molecular flexibility index (Phi) is 4.97. The molecule has 1 unspecified atom stereocenters. The van der Waals surface area contributed by atoms with E-state index >= 15 is 0 Å². The van der Waals surface area contributed by atoms with E-state index < -0.39 is 11.4 Å². The van der Waals surface area contributed by atoms with E-state index in [9.17, 15) is 9.59 Å². The number of nitrogen functional groups attached to an aromatic ring is 1. The van der Waals surface area contributed by atoms with Crippen LogP contribution < -0.4 is 11.2 Å². The van der Waals surface area contributed by atoms with Crippen LogP contribution in [0.1, 0.15) is 35.2 Å². The molecule has 1 aliphatic carbocycles. The molecule has 1 atom stereocenters. The summed E-state index contributed by atoms with van der Waals surface area (Å²) < 4.78 is 21.9. The summed E-state index contributed by atoms with van der Waals surface area (Å²) in [4.78, 5) is 28.7. The van der Waals surface area contributed by atoms with E-state index in [4.69, 9.17) is 24.4 Å². The number of methoxy groups -OCH3 is 1. The van der Waals surface area contributed by atoms with Gasteiger partial charge in [0.1, 0.15) is 16.8 Å². The molecular formula is C20H20N2O6. The van der Waals surface area contributed by atoms with Crippen LogP contribution in [0.15, 0.2) is 33.5 Å². The van der Waals surface area contributed by atoms with Gasteiger partial charge in [-0.3, -0.25) is 4.79 Å². The van der Waals surface area contributed by atoms with Crippen molar-refractivity contribution < 1.29 is 23.4 Å². The van der Waals surface area contributed by atoms with Crippen LogP contribution in [-0.4, -0.2) is 31.0 Å². The molecule has 2 N–H and O–H groups in total. The average molecular weight is 384 g/mol. The summed E-state index contributed by atoms with van der Waals surface area (Å²) in [6, 6.07) is 6.64. The molecule has 0 bridgehead atoms. The summed E-state index contributed by atoms with van der Waals surface area (Å²) in [5.41, 5.74) is 7.04. The molecule has 1 fully saturated rings. The van der Waals surface area contributed by atoms with Gasteiger partial charge in [-0.1, -0.05) is 6.07 Å². The highest BCUT2D eigenvalue weighted by molar-refractivity contribution is 6.02. The molecule has 8 nitrogen and oxygen atoms in total. The first-order valence-corrected chi connectivity index (χ1v) is 9.04. The van der Waals surface area contributed by atoms with Crippen molar-refractivity contribution >= 4 is 22.8 Å². The molecule has 0 saturated carbocycles. The van der Waals surface area contributed by atoms with Crippen molar-refractivity contribution in [3.05, 3.63) is 45.6 Å². The second kappa shape index (κ2) is 7.57. The van der Waals surface area contributed by atoms with Crippen LogP contribution in [0, 0.1) is 0 Å². The molecule has 146 valence electrons. The second-order valence-corrected chi connectivity index (χ2v) is 6.62. The topological polar surface area (TPSA) is 114 Å². The molecule has 8 heteroatoms. The van der Waals surface area contributed by atoms with Crippen molar-refractivity contribution in [2.75, 3.05) is 19.5 Å². The molecule has 4 rings (SSSR count). The van der Waals surface area contributed by atoms with Crippen LogP contribution >= 0.6 is 0 Å². The van der Waals surface area contributed by atoms with Crippen LogP contribution in [0.4, 0.5) is 5.69 Å². The van der Waals surface area contributed by atoms with Gasteiger partial charge in [0.2, 0.25) is 5.43 Å². The maximum Gasteiger partial charge on any atom is 0.342 e. The third-order valence-electron chi connectivity index (χ3n) is 4.71. The predicted molar refractivity (Wildman–Crippen MR) is 101 cm³/mol. The maximum absolute atomic E-state index is 12.1. The van der Waals surface area contributed by atoms with Crippen LogP contribution in [0.3, 0.4) is 0 Å². The zero-order valence-corrected chi connectivity index (χ0v) is 15.4. The largest absolute Gasteiger partial charge is 0.465 e. The maximum atomic E-state index is 12.1. The van der Waals surface area contributed by atoms with Gasteiger partial charge >= 0.3 is 5.97 Å². The fourth-order valence-corrected chi connectivity index (χ4v) is 3.23. The lowest BCUT2D eigenvalue weighted by Crippen LogP contribution is -2.22. The zero-order chi connectivity index (χ0) is 19.7. The van der Waals surface area contributed by atoms with E-state index in [1.165, 1.54) is 13.2 Å². The Morgan fingerprint density at radius 3 is 2.93 bits per heavy atom. The minimum atomic E-state index is -0.740. The van der Waals surface area contributed by atoms with Gasteiger partial charge in [-0.15, -0.1) is 0 Å². The number of carbonyl (C=O) groups excluding carboxylic acids is 1. The third-order valence-corrected chi connectivity index (χ3v) is 4.71. The van der Waals surface area contributed by atoms with E-state index in [0.29, 0.717) is 24.3 Å². The molecule has 0 radical (unpaired) electrons. The molecule has 0 aromatic heterocycles. The number of aromatic nitrogens is 1. The first kappa shape index (κ1) is 18.4. The molecule has 3 aliphatic rings. The number of ether oxygens (including phenoxy) is 3. The van der Waals surface area contributed by atoms with E-state index in [1.807, 2.05) is 12.1 Å². The summed E-state index contributed by atoms with van der Waals surface area (Å²) in [6.07, 6.45) is 2.84. The van der Waals surface area contributed by atoms with Gasteiger partial charge in [-0.05, 0) is 37.0 Å². The number of hydrogen-bond acceptors (Lipinski definition) is 8. The lowest BCUT2D eigenvalue weighted by atomic mass is 10.1. The SMILES string of the molecule is COC(=O)c1c2nc3cc(COC4CCCCO4)ccc3oc-2cc(=O)c1N. The van der Waals surface area contributed by atoms with Gasteiger partial charge in [-0.2, -0.15) is 0 Å². The molecule has 0 spiro atoms. The third kappa shape index (κ3) is 3.44. The van der Waals surface area contributed by atoms with Gasteiger partial charge in [0.05, 0.1) is 19.4 Å². The number of benzene rings is 2. The average Bonchev–Trinajstić information content (AvgIpc) is 2.72. The Morgan fingerprint density at radius 1 is 1.32 bits per heavy atom. The fourth-order valence-electron chi connectivity index (χ4n) is 3.23. The van der Waals surface area contributed by atoms with Gasteiger partial charge in [0, 0.05) is 12.7 Å². The molecular weight excluding hydrogens is 364 g/mol. The quantitative estimate of drug-likeness (QED) is 0.415. The van der Waals surface area contributed by atoms with E-state index in [0.717, 1.165) is 24.8 Å². The zero-order valence-electron chi connectivity index (χ0n) is 15.4. The molecule has 2 aliphatic heterocycles. The number of esters is 1. The molecule has 0 amide bonds. The fraction of sp³-hybridized carbons (Fsp3) is 0.350. The van der Waals surface area contributed by atoms with Crippen LogP contribution in [-0.2, 0) is 20.8 Å². The van der Waals surface area contributed by atoms with Gasteiger partial charge < -0.3 is 24.4 Å². The van der Waals surface area contributed by atoms with E-state index in [1.54, 1.807) is 6.07 Å². The summed E-state index contributed by atoms with van der Waals surface area (Å²) in [6.45, 7) is 1.08. The summed E-state index contributed by atoms with van der Waals surface area (Å²) >= 11 is 0. The molecule has 28 heavy (non-hydrogen) atoms. The predicted octanol–water partition coefficient (Wildman–Crippen LogP) is 2.70. The number of anilines is 1. The highest BCUT2D eigenvalue weighted by Gasteiger charge is 2.25. The first-order chi connectivity index (χ1) is 13.6. The lowest BCUT2D eigenvalue weighted by molar-refractivity contribution is -0.168. The summed E-state index contributed by atoms with van der Waals surface area (Å²) in [5.74, 6) is -0.567. The molecule has 1 aromatic rings. The number of nitrogens with two attached hydrogens (primary N) is 1. The van der Waals surface area contributed by atoms with Crippen molar-refractivity contribution in [1.29, 1.82) is 0 Å². The first-order valence-electron chi connectivity index (χ1n) is 9.04. The molecule has 2 heterocycles. The van der Waals surface area contributed by atoms with Crippen molar-refractivity contribution in [2.45, 2.75) is 32.2 Å². The summed E-state index contributed by atoms with van der Waals surface area (Å²) in [7, 11) is 1.21. The number of hydrogen-bond donors (Lipinski definition) is 1. The standard InChI is InChI=1S/C20H20N2O6/c1-25-20(24)17-18(21)13(23)9-15-19(17)22-12-8-11(5-6-14(12)28-15)10-27-16-4-2-3-7-26-16/h5-6,8-9,16H,2-4,7,10,21H2,1H3. The van der Waals surface area contributed by atoms with Crippen molar-refractivity contribution in [1.82, 2.24) is 4.98 Å². The van der Waals surface area contributed by atoms with Gasteiger partial charge in [0.25, 0.3) is 0 Å². The lowest BCUT2D eigenvalue weighted by Gasteiger charge is -2.22. The number of carbonyl (C=O) groups is 1. The number of rotatable bonds is 4. The number of nitrogens with zero attached hydrogens (tertiary/aromatic N) is 1. The molecule has 1 saturated heterocycles. The Balaban J connectivity index is 1.73. The van der Waals surface area contributed by atoms with Gasteiger partial charge in [-0.25, -0.2) is 9.78 Å². The van der Waals surface area contributed by atoms with Crippen LogP contribution in [0.25, 0.3) is 22.6 Å². The van der Waals surface area contributed by atoms with E-state index in [-0.39, 0.29) is 29.0 Å². The Morgan fingerprint density at radius 2 is 2.18 bits per heavy atom. The minimum Gasteiger partial charge on any atom is -0.465 e. The highest BCUT2D eigenvalue weighted by Crippen LogP contribution is 2.30. The van der Waals surface area contributed by atoms with Crippen molar-refractivity contribution in [3.8, 4) is 11.5 Å². The van der Waals surface area contributed by atoms with Crippen LogP contribution in [0.5, 0.6) is 0 Å². The highest BCUT2D eigenvalue weighted by atomic mass is 16.7. The van der Waals surface area contributed by atoms with Crippen molar-refractivity contribution in [2.24, 2.45) is 0 Å². The Labute approximate surface area is 160 Å². The normalized spacial score (nSPS) is 17.1. The Hall–Kier alpha value is -2.97. The van der Waals surface area contributed by atoms with Crippen molar-refractivity contribution in [3.63, 3.8) is 0 Å².